The maximum Gasteiger partial charge on any atom is 0.258 e. The van der Waals surface area contributed by atoms with Crippen LogP contribution in [0.1, 0.15) is 41.4 Å². The van der Waals surface area contributed by atoms with Crippen LogP contribution in [0, 0.1) is 0 Å². The van der Waals surface area contributed by atoms with Crippen LogP contribution in [0.2, 0.25) is 20.1 Å². The Morgan fingerprint density at radius 3 is 1.48 bits per heavy atom. The molecule has 0 bridgehead atoms. The molecule has 0 atom stereocenters. The van der Waals surface area contributed by atoms with Crippen molar-refractivity contribution in [3.8, 4) is 0 Å². The van der Waals surface area contributed by atoms with Crippen LogP contribution in [-0.2, 0) is 0 Å². The topological polar surface area (TPSA) is 92.3 Å². The number of halogens is 6. The summed E-state index contributed by atoms with van der Waals surface area (Å²) in [4.78, 5) is 46.3. The number of rotatable bonds is 6. The third-order valence-corrected chi connectivity index (χ3v) is 6.67. The molecule has 0 spiro atoms. The summed E-state index contributed by atoms with van der Waals surface area (Å²) in [6, 6.07) is 21.9. The lowest BCUT2D eigenvalue weighted by Gasteiger charge is -2.08. The number of amides is 2. The van der Waals surface area contributed by atoms with E-state index in [1.807, 2.05) is 0 Å². The molecular weight excluding hydrogens is 641 g/mol. The van der Waals surface area contributed by atoms with Crippen molar-refractivity contribution in [2.24, 2.45) is 0 Å². The molecule has 2 N–H and O–H groups in total. The molecule has 0 aliphatic carbocycles. The third-order valence-electron chi connectivity index (χ3n) is 5.06. The number of nitrogens with one attached hydrogen (secondary N) is 2. The van der Waals surface area contributed by atoms with Crippen molar-refractivity contribution >= 4 is 103 Å². The highest BCUT2D eigenvalue weighted by Crippen LogP contribution is 2.26. The number of carbonyl (C=O) groups excluding carboxylic acids is 4. The van der Waals surface area contributed by atoms with Gasteiger partial charge in [-0.15, -0.1) is 0 Å². The highest BCUT2D eigenvalue weighted by Gasteiger charge is 2.15. The Bertz CT molecular complexity index is 1590. The Morgan fingerprint density at radius 2 is 1.00 bits per heavy atom. The average molecular weight is 657 g/mol. The quantitative estimate of drug-likeness (QED) is 0.202. The zero-order chi connectivity index (χ0) is 29.4. The summed E-state index contributed by atoms with van der Waals surface area (Å²) in [5, 5.41) is 5.26. The lowest BCUT2D eigenvalue weighted by molar-refractivity contribution is 0.101. The molecule has 4 aromatic rings. The second-order valence-corrected chi connectivity index (χ2v) is 10.2. The van der Waals surface area contributed by atoms with Crippen LogP contribution in [0.25, 0.3) is 0 Å². The maximum atomic E-state index is 12.1. The monoisotopic (exact) mass is 654 g/mol. The van der Waals surface area contributed by atoms with Crippen LogP contribution in [0.15, 0.2) is 84.9 Å². The predicted molar refractivity (Wildman–Crippen MR) is 162 cm³/mol. The summed E-state index contributed by atoms with van der Waals surface area (Å²) in [7, 11) is 0. The largest absolute Gasteiger partial charge is 0.322 e. The Morgan fingerprint density at radius 1 is 0.525 bits per heavy atom. The van der Waals surface area contributed by atoms with Crippen molar-refractivity contribution in [3.05, 3.63) is 127 Å². The van der Waals surface area contributed by atoms with E-state index in [9.17, 15) is 19.2 Å². The van der Waals surface area contributed by atoms with Gasteiger partial charge < -0.3 is 10.6 Å². The van der Waals surface area contributed by atoms with Gasteiger partial charge in [0.15, 0.2) is 0 Å². The van der Waals surface area contributed by atoms with Crippen LogP contribution in [0.3, 0.4) is 0 Å². The summed E-state index contributed by atoms with van der Waals surface area (Å²) in [6.07, 6.45) is 0. The Labute approximate surface area is 259 Å². The molecule has 0 aliphatic rings. The van der Waals surface area contributed by atoms with Gasteiger partial charge in [0.05, 0.1) is 26.2 Å². The normalized spacial score (nSPS) is 10.2. The first kappa shape index (κ1) is 31.4. The third kappa shape index (κ3) is 8.70. The van der Waals surface area contributed by atoms with Crippen LogP contribution in [0.4, 0.5) is 11.4 Å². The fourth-order valence-corrected chi connectivity index (χ4v) is 4.52. The van der Waals surface area contributed by atoms with E-state index in [1.165, 1.54) is 24.3 Å². The molecular formula is C28H16Cl6N2O4. The first-order chi connectivity index (χ1) is 19.0. The molecule has 4 aromatic carbocycles. The van der Waals surface area contributed by atoms with E-state index in [1.54, 1.807) is 60.7 Å². The number of anilines is 2. The minimum Gasteiger partial charge on any atom is -0.322 e. The standard InChI is InChI=1S/2C14H8Cl3NO2/c15-10-5-2-6-11(16)12(10)14(20)18-9-4-1-3-8(7-9)13(17)19;15-9-4-5-11(12(16)7-9)14(20)18-10-3-1-2-8(6-10)13(17)19/h2*1-7H,(H,18,20). The number of benzene rings is 4. The first-order valence-corrected chi connectivity index (χ1v) is 13.3. The molecule has 0 aromatic heterocycles. The Kier molecular flexibility index (Phi) is 11.4. The van der Waals surface area contributed by atoms with Gasteiger partial charge in [-0.3, -0.25) is 19.2 Å². The van der Waals surface area contributed by atoms with Crippen molar-refractivity contribution in [1.29, 1.82) is 0 Å². The average Bonchev–Trinajstić information content (AvgIpc) is 2.89. The van der Waals surface area contributed by atoms with Gasteiger partial charge in [-0.2, -0.15) is 0 Å². The fourth-order valence-electron chi connectivity index (χ4n) is 3.22. The van der Waals surface area contributed by atoms with E-state index in [2.05, 4.69) is 10.6 Å². The minimum absolute atomic E-state index is 0.179. The van der Waals surface area contributed by atoms with E-state index < -0.39 is 22.3 Å². The van der Waals surface area contributed by atoms with Gasteiger partial charge in [-0.25, -0.2) is 0 Å². The highest BCUT2D eigenvalue weighted by molar-refractivity contribution is 6.68. The van der Waals surface area contributed by atoms with Crippen LogP contribution >= 0.6 is 69.6 Å². The molecule has 6 nitrogen and oxygen atoms in total. The second-order valence-electron chi connectivity index (χ2n) is 7.84. The molecule has 12 heteroatoms. The molecule has 2 amide bonds. The summed E-state index contributed by atoms with van der Waals surface area (Å²) in [5.41, 5.74) is 1.93. The fraction of sp³-hybridized carbons (Fsp3) is 0. The van der Waals surface area contributed by atoms with Gasteiger partial charge in [0.1, 0.15) is 0 Å². The van der Waals surface area contributed by atoms with E-state index in [0.29, 0.717) is 27.5 Å². The zero-order valence-electron chi connectivity index (χ0n) is 20.0. The Hall–Kier alpha value is -3.10. The Balaban J connectivity index is 0.000000220. The van der Waals surface area contributed by atoms with Gasteiger partial charge in [-0.1, -0.05) is 64.6 Å². The van der Waals surface area contributed by atoms with Gasteiger partial charge in [0.2, 0.25) is 0 Å². The van der Waals surface area contributed by atoms with Crippen molar-refractivity contribution in [1.82, 2.24) is 0 Å². The summed E-state index contributed by atoms with van der Waals surface area (Å²) in [5.74, 6) is -0.856. The molecule has 0 radical (unpaired) electrons. The summed E-state index contributed by atoms with van der Waals surface area (Å²) in [6.45, 7) is 0. The van der Waals surface area contributed by atoms with Crippen molar-refractivity contribution in [2.45, 2.75) is 0 Å². The predicted octanol–water partition coefficient (Wildman–Crippen LogP) is 9.25. The number of hydrogen-bond donors (Lipinski definition) is 2. The molecule has 0 fully saturated rings. The van der Waals surface area contributed by atoms with Crippen molar-refractivity contribution < 1.29 is 19.2 Å². The lowest BCUT2D eigenvalue weighted by Crippen LogP contribution is -2.13. The van der Waals surface area contributed by atoms with E-state index >= 15 is 0 Å². The number of hydrogen-bond acceptors (Lipinski definition) is 4. The van der Waals surface area contributed by atoms with Gasteiger partial charge in [0.25, 0.3) is 22.3 Å². The second kappa shape index (κ2) is 14.5. The molecule has 0 unspecified atom stereocenters. The zero-order valence-corrected chi connectivity index (χ0v) is 24.5. The summed E-state index contributed by atoms with van der Waals surface area (Å²) >= 11 is 34.4. The first-order valence-electron chi connectivity index (χ1n) is 11.1. The molecule has 0 saturated carbocycles. The SMILES string of the molecule is O=C(Cl)c1cccc(NC(=O)c2c(Cl)cccc2Cl)c1.O=C(Cl)c1cccc(NC(=O)c2ccc(Cl)cc2Cl)c1. The van der Waals surface area contributed by atoms with Gasteiger partial charge >= 0.3 is 0 Å². The van der Waals surface area contributed by atoms with Crippen molar-refractivity contribution in [3.63, 3.8) is 0 Å². The highest BCUT2D eigenvalue weighted by atomic mass is 35.5. The molecule has 0 heterocycles. The van der Waals surface area contributed by atoms with Crippen LogP contribution in [-0.4, -0.2) is 22.3 Å². The number of carbonyl (C=O) groups is 4. The van der Waals surface area contributed by atoms with E-state index in [-0.39, 0.29) is 26.2 Å². The maximum absolute atomic E-state index is 12.1. The smallest absolute Gasteiger partial charge is 0.258 e. The molecule has 40 heavy (non-hydrogen) atoms. The lowest BCUT2D eigenvalue weighted by atomic mass is 10.2. The van der Waals surface area contributed by atoms with Crippen molar-refractivity contribution in [2.75, 3.05) is 10.6 Å². The molecule has 0 saturated heterocycles. The molecule has 4 rings (SSSR count). The van der Waals surface area contributed by atoms with Gasteiger partial charge in [-0.05, 0) is 89.9 Å². The van der Waals surface area contributed by atoms with E-state index in [0.717, 1.165) is 0 Å². The van der Waals surface area contributed by atoms with Crippen LogP contribution in [0.5, 0.6) is 0 Å². The van der Waals surface area contributed by atoms with E-state index in [4.69, 9.17) is 69.6 Å². The molecule has 204 valence electrons. The summed E-state index contributed by atoms with van der Waals surface area (Å²) < 4.78 is 0. The molecule has 0 aliphatic heterocycles. The van der Waals surface area contributed by atoms with Crippen LogP contribution < -0.4 is 10.6 Å². The van der Waals surface area contributed by atoms with Gasteiger partial charge in [0, 0.05) is 27.5 Å². The minimum atomic E-state index is -0.600.